The fourth-order valence-corrected chi connectivity index (χ4v) is 2.64. The molecule has 0 aromatic rings. The zero-order valence-electron chi connectivity index (χ0n) is 13.9. The molecule has 0 spiro atoms. The van der Waals surface area contributed by atoms with Crippen LogP contribution in [0.3, 0.4) is 0 Å². The molecule has 0 radical (unpaired) electrons. The van der Waals surface area contributed by atoms with Crippen LogP contribution in [0.15, 0.2) is 4.99 Å². The van der Waals surface area contributed by atoms with Gasteiger partial charge in [0.15, 0.2) is 5.96 Å². The van der Waals surface area contributed by atoms with Crippen molar-refractivity contribution in [1.82, 2.24) is 10.6 Å². The summed E-state index contributed by atoms with van der Waals surface area (Å²) in [7, 11) is 1.84. The van der Waals surface area contributed by atoms with Gasteiger partial charge in [-0.15, -0.1) is 0 Å². The van der Waals surface area contributed by atoms with Crippen LogP contribution in [0, 0.1) is 11.8 Å². The average Bonchev–Trinajstić information content (AvgIpc) is 3.14. The van der Waals surface area contributed by atoms with Gasteiger partial charge in [0, 0.05) is 26.2 Å². The molecule has 0 aliphatic heterocycles. The highest BCUT2D eigenvalue weighted by molar-refractivity contribution is 5.80. The first-order chi connectivity index (χ1) is 9.62. The number of nitrogens with one attached hydrogen (secondary N) is 2. The number of ether oxygens (including phenoxy) is 1. The first kappa shape index (κ1) is 17.3. The van der Waals surface area contributed by atoms with E-state index in [0.717, 1.165) is 31.4 Å². The monoisotopic (exact) mass is 283 g/mol. The molecule has 1 aliphatic carbocycles. The van der Waals surface area contributed by atoms with E-state index in [-0.39, 0.29) is 0 Å². The molecule has 20 heavy (non-hydrogen) atoms. The van der Waals surface area contributed by atoms with Crippen LogP contribution in [-0.2, 0) is 4.74 Å². The van der Waals surface area contributed by atoms with Crippen molar-refractivity contribution in [2.24, 2.45) is 16.8 Å². The Labute approximate surface area is 124 Å². The standard InChI is InChI=1S/C16H33N3O/c1-6-8-13-11-14(13)19-16(17-5)18-10-9-15(12(3)4)20-7-2/h12-15H,6-11H2,1-5H3,(H2,17,18,19). The summed E-state index contributed by atoms with van der Waals surface area (Å²) in [5.74, 6) is 2.35. The Morgan fingerprint density at radius 3 is 2.65 bits per heavy atom. The van der Waals surface area contributed by atoms with Crippen molar-refractivity contribution in [3.05, 3.63) is 0 Å². The minimum absolute atomic E-state index is 0.333. The average molecular weight is 283 g/mol. The summed E-state index contributed by atoms with van der Waals surface area (Å²) in [6.45, 7) is 10.4. The Bertz CT molecular complexity index is 291. The number of nitrogens with zero attached hydrogens (tertiary/aromatic N) is 1. The number of guanidine groups is 1. The van der Waals surface area contributed by atoms with Gasteiger partial charge in [0.05, 0.1) is 6.10 Å². The maximum atomic E-state index is 5.76. The van der Waals surface area contributed by atoms with E-state index >= 15 is 0 Å². The second-order valence-electron chi connectivity index (χ2n) is 6.06. The van der Waals surface area contributed by atoms with Gasteiger partial charge in [-0.05, 0) is 38.0 Å². The second-order valence-corrected chi connectivity index (χ2v) is 6.06. The first-order valence-corrected chi connectivity index (χ1v) is 8.21. The van der Waals surface area contributed by atoms with Gasteiger partial charge in [-0.1, -0.05) is 27.2 Å². The predicted molar refractivity (Wildman–Crippen MR) is 86.2 cm³/mol. The van der Waals surface area contributed by atoms with Gasteiger partial charge < -0.3 is 15.4 Å². The van der Waals surface area contributed by atoms with Gasteiger partial charge in [-0.2, -0.15) is 0 Å². The molecule has 0 heterocycles. The van der Waals surface area contributed by atoms with Crippen molar-refractivity contribution in [3.8, 4) is 0 Å². The number of hydrogen-bond acceptors (Lipinski definition) is 2. The maximum Gasteiger partial charge on any atom is 0.191 e. The van der Waals surface area contributed by atoms with E-state index in [0.29, 0.717) is 18.1 Å². The van der Waals surface area contributed by atoms with E-state index in [1.54, 1.807) is 0 Å². The first-order valence-electron chi connectivity index (χ1n) is 8.21. The van der Waals surface area contributed by atoms with Crippen molar-refractivity contribution in [1.29, 1.82) is 0 Å². The van der Waals surface area contributed by atoms with E-state index < -0.39 is 0 Å². The lowest BCUT2D eigenvalue weighted by Gasteiger charge is -2.21. The molecule has 3 unspecified atom stereocenters. The van der Waals surface area contributed by atoms with Crippen LogP contribution in [0.2, 0.25) is 0 Å². The van der Waals surface area contributed by atoms with E-state index in [4.69, 9.17) is 4.74 Å². The zero-order valence-corrected chi connectivity index (χ0v) is 13.9. The molecule has 0 aromatic carbocycles. The van der Waals surface area contributed by atoms with Gasteiger partial charge in [0.2, 0.25) is 0 Å². The topological polar surface area (TPSA) is 45.7 Å². The summed E-state index contributed by atoms with van der Waals surface area (Å²) in [6, 6.07) is 0.633. The molecule has 118 valence electrons. The summed E-state index contributed by atoms with van der Waals surface area (Å²) >= 11 is 0. The van der Waals surface area contributed by atoms with Gasteiger partial charge in [0.25, 0.3) is 0 Å². The highest BCUT2D eigenvalue weighted by Crippen LogP contribution is 2.34. The fraction of sp³-hybridized carbons (Fsp3) is 0.938. The third kappa shape index (κ3) is 6.12. The zero-order chi connectivity index (χ0) is 15.0. The van der Waals surface area contributed by atoms with Gasteiger partial charge in [-0.25, -0.2) is 0 Å². The van der Waals surface area contributed by atoms with Crippen LogP contribution >= 0.6 is 0 Å². The van der Waals surface area contributed by atoms with Gasteiger partial charge in [-0.3, -0.25) is 4.99 Å². The summed E-state index contributed by atoms with van der Waals surface area (Å²) in [4.78, 5) is 4.30. The molecule has 0 saturated heterocycles. The molecular formula is C16H33N3O. The molecule has 0 amide bonds. The molecule has 1 aliphatic rings. The predicted octanol–water partition coefficient (Wildman–Crippen LogP) is 2.79. The molecule has 2 N–H and O–H groups in total. The van der Waals surface area contributed by atoms with Crippen LogP contribution in [0.4, 0.5) is 0 Å². The van der Waals surface area contributed by atoms with Crippen molar-refractivity contribution in [3.63, 3.8) is 0 Å². The van der Waals surface area contributed by atoms with Crippen molar-refractivity contribution in [2.75, 3.05) is 20.2 Å². The van der Waals surface area contributed by atoms with Crippen LogP contribution in [0.1, 0.15) is 53.4 Å². The maximum absolute atomic E-state index is 5.76. The molecule has 3 atom stereocenters. The summed E-state index contributed by atoms with van der Waals surface area (Å²) < 4.78 is 5.76. The minimum atomic E-state index is 0.333. The molecule has 4 nitrogen and oxygen atoms in total. The quantitative estimate of drug-likeness (QED) is 0.505. The van der Waals surface area contributed by atoms with E-state index in [1.165, 1.54) is 19.3 Å². The van der Waals surface area contributed by atoms with E-state index in [1.807, 2.05) is 7.05 Å². The van der Waals surface area contributed by atoms with E-state index in [2.05, 4.69) is 43.3 Å². The largest absolute Gasteiger partial charge is 0.378 e. The Morgan fingerprint density at radius 2 is 2.10 bits per heavy atom. The number of hydrogen-bond donors (Lipinski definition) is 2. The Kier molecular flexibility index (Phi) is 7.97. The van der Waals surface area contributed by atoms with Crippen LogP contribution < -0.4 is 10.6 Å². The normalized spacial score (nSPS) is 23.8. The Hall–Kier alpha value is -0.770. The third-order valence-corrected chi connectivity index (χ3v) is 3.97. The Morgan fingerprint density at radius 1 is 1.35 bits per heavy atom. The number of aliphatic imine (C=N–C) groups is 1. The number of rotatable bonds is 9. The highest BCUT2D eigenvalue weighted by atomic mass is 16.5. The molecule has 1 fully saturated rings. The second kappa shape index (κ2) is 9.22. The Balaban J connectivity index is 2.21. The molecular weight excluding hydrogens is 250 g/mol. The van der Waals surface area contributed by atoms with Crippen LogP contribution in [-0.4, -0.2) is 38.3 Å². The third-order valence-electron chi connectivity index (χ3n) is 3.97. The molecule has 0 bridgehead atoms. The van der Waals surface area contributed by atoms with Crippen LogP contribution in [0.25, 0.3) is 0 Å². The van der Waals surface area contributed by atoms with Crippen molar-refractivity contribution < 1.29 is 4.74 Å². The lowest BCUT2D eigenvalue weighted by molar-refractivity contribution is 0.0258. The minimum Gasteiger partial charge on any atom is -0.378 e. The fourth-order valence-electron chi connectivity index (χ4n) is 2.64. The lowest BCUT2D eigenvalue weighted by atomic mass is 10.0. The highest BCUT2D eigenvalue weighted by Gasteiger charge is 2.36. The van der Waals surface area contributed by atoms with E-state index in [9.17, 15) is 0 Å². The van der Waals surface area contributed by atoms with Gasteiger partial charge in [0.1, 0.15) is 0 Å². The van der Waals surface area contributed by atoms with Crippen molar-refractivity contribution in [2.45, 2.75) is 65.5 Å². The lowest BCUT2D eigenvalue weighted by Crippen LogP contribution is -2.40. The summed E-state index contributed by atoms with van der Waals surface area (Å²) in [5, 5.41) is 6.91. The molecule has 0 aromatic heterocycles. The van der Waals surface area contributed by atoms with Gasteiger partial charge >= 0.3 is 0 Å². The summed E-state index contributed by atoms with van der Waals surface area (Å²) in [5.41, 5.74) is 0. The summed E-state index contributed by atoms with van der Waals surface area (Å²) in [6.07, 6.45) is 5.25. The SMILES string of the molecule is CCCC1CC1NC(=NC)NCCC(OCC)C(C)C. The molecule has 1 saturated carbocycles. The molecule has 1 rings (SSSR count). The van der Waals surface area contributed by atoms with Crippen LogP contribution in [0.5, 0.6) is 0 Å². The smallest absolute Gasteiger partial charge is 0.191 e. The molecule has 4 heteroatoms. The van der Waals surface area contributed by atoms with Crippen molar-refractivity contribution >= 4 is 5.96 Å².